The molecule has 0 spiro atoms. The van der Waals surface area contributed by atoms with E-state index < -0.39 is 15.4 Å². The Bertz CT molecular complexity index is 700. The average molecular weight is 447 g/mol. The maximum absolute atomic E-state index is 13.0. The van der Waals surface area contributed by atoms with Crippen LogP contribution in [0.3, 0.4) is 0 Å². The van der Waals surface area contributed by atoms with Crippen LogP contribution in [0.5, 0.6) is 0 Å². The Hall–Kier alpha value is -0.960. The van der Waals surface area contributed by atoms with Crippen LogP contribution < -0.4 is 5.32 Å². The van der Waals surface area contributed by atoms with E-state index in [4.69, 9.17) is 4.74 Å². The first-order valence-electron chi connectivity index (χ1n) is 8.87. The Labute approximate surface area is 164 Å². The molecule has 1 heterocycles. The highest BCUT2D eigenvalue weighted by atomic mass is 79.9. The van der Waals surface area contributed by atoms with E-state index in [1.807, 2.05) is 31.2 Å². The van der Waals surface area contributed by atoms with Gasteiger partial charge in [-0.25, -0.2) is 12.7 Å². The van der Waals surface area contributed by atoms with Crippen LogP contribution in [0, 0.1) is 0 Å². The van der Waals surface area contributed by atoms with Gasteiger partial charge in [-0.05, 0) is 37.0 Å². The van der Waals surface area contributed by atoms with E-state index in [1.165, 1.54) is 10.6 Å². The molecule has 0 radical (unpaired) electrons. The number of hydrogen-bond acceptors (Lipinski definition) is 4. The molecular weight excluding hydrogens is 420 g/mol. The lowest BCUT2D eigenvalue weighted by molar-refractivity contribution is -0.130. The molecule has 8 heteroatoms. The normalized spacial score (nSPS) is 17.2. The van der Waals surface area contributed by atoms with Crippen LogP contribution in [-0.4, -0.2) is 57.7 Å². The third kappa shape index (κ3) is 5.28. The predicted octanol–water partition coefficient (Wildman–Crippen LogP) is 2.29. The molecule has 146 valence electrons. The van der Waals surface area contributed by atoms with Crippen molar-refractivity contribution >= 4 is 31.9 Å². The highest BCUT2D eigenvalue weighted by Gasteiger charge is 2.41. The second-order valence-corrected chi connectivity index (χ2v) is 9.46. The summed E-state index contributed by atoms with van der Waals surface area (Å²) in [5.74, 6) is -0.00877. The third-order valence-electron chi connectivity index (χ3n) is 4.87. The molecule has 0 unspecified atom stereocenters. The Balaban J connectivity index is 2.01. The molecule has 0 aliphatic carbocycles. The Kier molecular flexibility index (Phi) is 7.63. The molecule has 1 aliphatic heterocycles. The first-order valence-corrected chi connectivity index (χ1v) is 11.5. The van der Waals surface area contributed by atoms with E-state index in [9.17, 15) is 13.2 Å². The number of carbonyl (C=O) groups excluding carboxylic acids is 1. The summed E-state index contributed by atoms with van der Waals surface area (Å²) >= 11 is 3.43. The molecule has 1 fully saturated rings. The number of carbonyl (C=O) groups is 1. The molecule has 1 amide bonds. The number of benzene rings is 1. The van der Waals surface area contributed by atoms with E-state index in [1.54, 1.807) is 0 Å². The van der Waals surface area contributed by atoms with Crippen LogP contribution in [0.25, 0.3) is 0 Å². The smallest absolute Gasteiger partial charge is 0.230 e. The zero-order valence-electron chi connectivity index (χ0n) is 15.3. The topological polar surface area (TPSA) is 75.7 Å². The SMILES string of the molecule is CCN(CCCNC(=O)C1(c2ccc(Br)cc2)CCOCC1)S(C)(=O)=O. The van der Waals surface area contributed by atoms with Crippen LogP contribution in [0.4, 0.5) is 0 Å². The van der Waals surface area contributed by atoms with Gasteiger partial charge in [-0.15, -0.1) is 0 Å². The first kappa shape index (κ1) is 21.3. The van der Waals surface area contributed by atoms with Crippen LogP contribution in [0.15, 0.2) is 28.7 Å². The number of ether oxygens (including phenoxy) is 1. The maximum atomic E-state index is 13.0. The fourth-order valence-electron chi connectivity index (χ4n) is 3.32. The minimum Gasteiger partial charge on any atom is -0.381 e. The van der Waals surface area contributed by atoms with E-state index in [0.29, 0.717) is 52.1 Å². The van der Waals surface area contributed by atoms with Gasteiger partial charge in [0, 0.05) is 37.3 Å². The van der Waals surface area contributed by atoms with Gasteiger partial charge in [0.05, 0.1) is 11.7 Å². The largest absolute Gasteiger partial charge is 0.381 e. The fourth-order valence-corrected chi connectivity index (χ4v) is 4.51. The molecule has 0 aromatic heterocycles. The van der Waals surface area contributed by atoms with Gasteiger partial charge >= 0.3 is 0 Å². The zero-order chi connectivity index (χ0) is 19.2. The Morgan fingerprint density at radius 2 is 1.88 bits per heavy atom. The zero-order valence-corrected chi connectivity index (χ0v) is 17.7. The van der Waals surface area contributed by atoms with E-state index in [0.717, 1.165) is 10.0 Å². The van der Waals surface area contributed by atoms with Crippen molar-refractivity contribution in [2.75, 3.05) is 39.1 Å². The van der Waals surface area contributed by atoms with Crippen molar-refractivity contribution in [2.24, 2.45) is 0 Å². The van der Waals surface area contributed by atoms with Crippen molar-refractivity contribution in [1.82, 2.24) is 9.62 Å². The van der Waals surface area contributed by atoms with Gasteiger partial charge in [0.1, 0.15) is 0 Å². The van der Waals surface area contributed by atoms with E-state index in [2.05, 4.69) is 21.2 Å². The lowest BCUT2D eigenvalue weighted by Crippen LogP contribution is -2.48. The van der Waals surface area contributed by atoms with Crippen LogP contribution >= 0.6 is 15.9 Å². The van der Waals surface area contributed by atoms with Crippen LogP contribution in [-0.2, 0) is 25.0 Å². The number of amides is 1. The molecule has 26 heavy (non-hydrogen) atoms. The number of sulfonamides is 1. The molecule has 0 saturated carbocycles. The second kappa shape index (κ2) is 9.30. The lowest BCUT2D eigenvalue weighted by atomic mass is 9.73. The average Bonchev–Trinajstić information content (AvgIpc) is 2.61. The second-order valence-electron chi connectivity index (χ2n) is 6.57. The summed E-state index contributed by atoms with van der Waals surface area (Å²) in [7, 11) is -3.20. The van der Waals surface area contributed by atoms with E-state index >= 15 is 0 Å². The number of halogens is 1. The molecule has 6 nitrogen and oxygen atoms in total. The maximum Gasteiger partial charge on any atom is 0.230 e. The number of nitrogens with one attached hydrogen (secondary N) is 1. The molecule has 0 bridgehead atoms. The van der Waals surface area contributed by atoms with Gasteiger partial charge in [-0.1, -0.05) is 35.0 Å². The quantitative estimate of drug-likeness (QED) is 0.621. The minimum atomic E-state index is -3.20. The summed E-state index contributed by atoms with van der Waals surface area (Å²) in [4.78, 5) is 13.0. The minimum absolute atomic E-state index is 0.00877. The van der Waals surface area contributed by atoms with Crippen molar-refractivity contribution in [3.8, 4) is 0 Å². The van der Waals surface area contributed by atoms with Gasteiger partial charge in [0.15, 0.2) is 0 Å². The standard InChI is InChI=1S/C18H27BrN2O4S/c1-3-21(26(2,23)24)12-4-11-20-17(22)18(9-13-25-14-10-18)15-5-7-16(19)8-6-15/h5-8H,3-4,9-14H2,1-2H3,(H,20,22). The van der Waals surface area contributed by atoms with Crippen molar-refractivity contribution in [3.05, 3.63) is 34.3 Å². The van der Waals surface area contributed by atoms with Gasteiger partial charge in [0.2, 0.25) is 15.9 Å². The lowest BCUT2D eigenvalue weighted by Gasteiger charge is -2.36. The van der Waals surface area contributed by atoms with Gasteiger partial charge < -0.3 is 10.1 Å². The number of nitrogens with zero attached hydrogens (tertiary/aromatic N) is 1. The van der Waals surface area contributed by atoms with Gasteiger partial charge in [-0.3, -0.25) is 4.79 Å². The molecule has 1 aromatic carbocycles. The van der Waals surface area contributed by atoms with Crippen molar-refractivity contribution in [2.45, 2.75) is 31.6 Å². The molecule has 0 atom stereocenters. The summed E-state index contributed by atoms with van der Waals surface area (Å²) in [6.45, 7) is 4.22. The summed E-state index contributed by atoms with van der Waals surface area (Å²) in [5, 5.41) is 3.01. The van der Waals surface area contributed by atoms with Crippen LogP contribution in [0.1, 0.15) is 31.7 Å². The van der Waals surface area contributed by atoms with Gasteiger partial charge in [-0.2, -0.15) is 0 Å². The van der Waals surface area contributed by atoms with Gasteiger partial charge in [0.25, 0.3) is 0 Å². The summed E-state index contributed by atoms with van der Waals surface area (Å²) in [6, 6.07) is 7.87. The number of hydrogen-bond donors (Lipinski definition) is 1. The summed E-state index contributed by atoms with van der Waals surface area (Å²) in [5.41, 5.74) is 0.410. The third-order valence-corrected chi connectivity index (χ3v) is 6.78. The molecular formula is C18H27BrN2O4S. The van der Waals surface area contributed by atoms with Crippen LogP contribution in [0.2, 0.25) is 0 Å². The fraction of sp³-hybridized carbons (Fsp3) is 0.611. The predicted molar refractivity (Wildman–Crippen MR) is 106 cm³/mol. The summed E-state index contributed by atoms with van der Waals surface area (Å²) in [6.07, 6.45) is 3.08. The van der Waals surface area contributed by atoms with Crippen molar-refractivity contribution < 1.29 is 17.9 Å². The summed E-state index contributed by atoms with van der Waals surface area (Å²) < 4.78 is 31.1. The molecule has 1 aromatic rings. The molecule has 1 aliphatic rings. The molecule has 1 N–H and O–H groups in total. The molecule has 2 rings (SSSR count). The first-order chi connectivity index (χ1) is 12.3. The van der Waals surface area contributed by atoms with Crippen molar-refractivity contribution in [3.63, 3.8) is 0 Å². The van der Waals surface area contributed by atoms with Crippen molar-refractivity contribution in [1.29, 1.82) is 0 Å². The highest BCUT2D eigenvalue weighted by molar-refractivity contribution is 9.10. The monoisotopic (exact) mass is 446 g/mol. The van der Waals surface area contributed by atoms with E-state index in [-0.39, 0.29) is 5.91 Å². The Morgan fingerprint density at radius 1 is 1.27 bits per heavy atom. The number of rotatable bonds is 8. The molecule has 1 saturated heterocycles. The highest BCUT2D eigenvalue weighted by Crippen LogP contribution is 2.35. The Morgan fingerprint density at radius 3 is 2.42 bits per heavy atom.